The van der Waals surface area contributed by atoms with Crippen molar-refractivity contribution in [2.75, 3.05) is 0 Å². The van der Waals surface area contributed by atoms with Crippen molar-refractivity contribution in [2.45, 2.75) is 50.2 Å². The molecule has 0 amide bonds. The molecule has 3 heterocycles. The van der Waals surface area contributed by atoms with Gasteiger partial charge in [-0.25, -0.2) is 10.5 Å². The lowest BCUT2D eigenvalue weighted by molar-refractivity contribution is -0.171. The Balaban J connectivity index is 1.71. The summed E-state index contributed by atoms with van der Waals surface area (Å²) in [6.45, 7) is 0. The highest BCUT2D eigenvalue weighted by Gasteiger charge is 2.48. The maximum Gasteiger partial charge on any atom is 0.0510 e. The monoisotopic (exact) mass is 206 g/mol. The summed E-state index contributed by atoms with van der Waals surface area (Å²) in [6, 6.07) is 2.04. The highest BCUT2D eigenvalue weighted by atomic mass is 15.9. The van der Waals surface area contributed by atoms with Gasteiger partial charge in [-0.3, -0.25) is 0 Å². The maximum atomic E-state index is 3.46. The largest absolute Gasteiger partial charge is 0.234 e. The second-order valence-corrected chi connectivity index (χ2v) is 5.26. The van der Waals surface area contributed by atoms with E-state index in [4.69, 9.17) is 0 Å². The van der Waals surface area contributed by atoms with Gasteiger partial charge in [0.15, 0.2) is 0 Å². The summed E-state index contributed by atoms with van der Waals surface area (Å²) < 4.78 is 0. The molecule has 1 saturated carbocycles. The van der Waals surface area contributed by atoms with Gasteiger partial charge in [-0.2, -0.15) is 10.5 Å². The van der Waals surface area contributed by atoms with Crippen LogP contribution in [0.2, 0.25) is 0 Å². The van der Waals surface area contributed by atoms with Crippen molar-refractivity contribution in [3.8, 4) is 0 Å². The summed E-state index contributed by atoms with van der Waals surface area (Å²) in [7, 11) is 0. The summed E-state index contributed by atoms with van der Waals surface area (Å²) in [4.78, 5) is 0. The van der Waals surface area contributed by atoms with Crippen LogP contribution < -0.4 is 11.0 Å². The average molecular weight is 206 g/mol. The van der Waals surface area contributed by atoms with Crippen LogP contribution in [-0.2, 0) is 0 Å². The minimum absolute atomic E-state index is 0.654. The van der Waals surface area contributed by atoms with E-state index in [2.05, 4.69) is 33.4 Å². The lowest BCUT2D eigenvalue weighted by Crippen LogP contribution is -2.73. The van der Waals surface area contributed by atoms with Crippen LogP contribution in [0.15, 0.2) is 12.3 Å². The second-order valence-electron chi connectivity index (χ2n) is 5.26. The van der Waals surface area contributed by atoms with E-state index in [1.54, 1.807) is 0 Å². The van der Waals surface area contributed by atoms with Gasteiger partial charge in [0, 0.05) is 12.2 Å². The van der Waals surface area contributed by atoms with Crippen LogP contribution in [0.1, 0.15) is 32.1 Å². The molecule has 0 bridgehead atoms. The molecule has 4 heteroatoms. The second kappa shape index (κ2) is 2.97. The van der Waals surface area contributed by atoms with Crippen LogP contribution in [0.25, 0.3) is 0 Å². The Morgan fingerprint density at radius 1 is 1.13 bits per heavy atom. The molecule has 2 saturated heterocycles. The van der Waals surface area contributed by atoms with Gasteiger partial charge in [-0.15, -0.1) is 0 Å². The van der Waals surface area contributed by atoms with E-state index < -0.39 is 0 Å². The standard InChI is InChI=1S/C11H18N4/c1-2-8-4-5-9-6-7-14-13-12-10(3-1)11(8)15(9)14/h6-13H,1-5H2/t8?,9?,10-,11-/m0/s1. The highest BCUT2D eigenvalue weighted by Crippen LogP contribution is 2.41. The lowest BCUT2D eigenvalue weighted by atomic mass is 9.75. The molecular weight excluding hydrogens is 188 g/mol. The quantitative estimate of drug-likeness (QED) is 0.612. The smallest absolute Gasteiger partial charge is 0.0510 e. The minimum atomic E-state index is 0.654. The van der Waals surface area contributed by atoms with Crippen LogP contribution in [0.3, 0.4) is 0 Å². The summed E-state index contributed by atoms with van der Waals surface area (Å²) in [5.41, 5.74) is 6.75. The van der Waals surface area contributed by atoms with E-state index in [0.717, 1.165) is 12.0 Å². The van der Waals surface area contributed by atoms with Gasteiger partial charge in [0.1, 0.15) is 0 Å². The van der Waals surface area contributed by atoms with E-state index in [9.17, 15) is 0 Å². The summed E-state index contributed by atoms with van der Waals surface area (Å²) in [6.07, 6.45) is 11.4. The zero-order chi connectivity index (χ0) is 9.83. The molecule has 3 fully saturated rings. The molecule has 0 aromatic carbocycles. The molecule has 2 N–H and O–H groups in total. The number of nitrogens with one attached hydrogen (secondary N) is 2. The normalized spacial score (nSPS) is 48.1. The van der Waals surface area contributed by atoms with Gasteiger partial charge in [-0.1, -0.05) is 6.42 Å². The van der Waals surface area contributed by atoms with Gasteiger partial charge in [0.25, 0.3) is 0 Å². The first-order valence-corrected chi connectivity index (χ1v) is 6.20. The molecule has 4 aliphatic rings. The fourth-order valence-corrected chi connectivity index (χ4v) is 3.87. The minimum Gasteiger partial charge on any atom is -0.234 e. The zero-order valence-corrected chi connectivity index (χ0v) is 8.89. The molecule has 15 heavy (non-hydrogen) atoms. The molecule has 4 nitrogen and oxygen atoms in total. The lowest BCUT2D eigenvalue weighted by Gasteiger charge is -2.55. The number of hydrogen-bond acceptors (Lipinski definition) is 4. The van der Waals surface area contributed by atoms with E-state index in [1.165, 1.54) is 32.1 Å². The molecule has 82 valence electrons. The van der Waals surface area contributed by atoms with E-state index in [1.807, 2.05) is 0 Å². The Morgan fingerprint density at radius 3 is 3.13 bits per heavy atom. The maximum absolute atomic E-state index is 3.46. The third-order valence-corrected chi connectivity index (χ3v) is 4.53. The Labute approximate surface area is 90.2 Å². The Morgan fingerprint density at radius 2 is 2.13 bits per heavy atom. The summed E-state index contributed by atoms with van der Waals surface area (Å²) in [5, 5.41) is 4.72. The Kier molecular flexibility index (Phi) is 1.69. The molecule has 2 unspecified atom stereocenters. The molecular formula is C11H18N4. The van der Waals surface area contributed by atoms with Crippen molar-refractivity contribution >= 4 is 0 Å². The molecule has 0 spiro atoms. The first kappa shape index (κ1) is 8.56. The van der Waals surface area contributed by atoms with Gasteiger partial charge >= 0.3 is 0 Å². The van der Waals surface area contributed by atoms with Crippen molar-refractivity contribution in [1.29, 1.82) is 0 Å². The van der Waals surface area contributed by atoms with Gasteiger partial charge in [0.2, 0.25) is 0 Å². The zero-order valence-electron chi connectivity index (χ0n) is 8.89. The third kappa shape index (κ3) is 1.07. The molecule has 0 aromatic rings. The average Bonchev–Trinajstić information content (AvgIpc) is 2.71. The van der Waals surface area contributed by atoms with Crippen molar-refractivity contribution in [3.05, 3.63) is 12.3 Å². The fourth-order valence-electron chi connectivity index (χ4n) is 3.87. The summed E-state index contributed by atoms with van der Waals surface area (Å²) >= 11 is 0. The molecule has 3 aliphatic heterocycles. The number of hydrogen-bond donors (Lipinski definition) is 2. The van der Waals surface area contributed by atoms with Gasteiger partial charge < -0.3 is 0 Å². The van der Waals surface area contributed by atoms with Crippen molar-refractivity contribution in [3.63, 3.8) is 0 Å². The van der Waals surface area contributed by atoms with Crippen molar-refractivity contribution < 1.29 is 0 Å². The number of hydrazine groups is 3. The van der Waals surface area contributed by atoms with E-state index >= 15 is 0 Å². The third-order valence-electron chi connectivity index (χ3n) is 4.53. The van der Waals surface area contributed by atoms with Crippen molar-refractivity contribution in [2.24, 2.45) is 5.92 Å². The van der Waals surface area contributed by atoms with E-state index in [0.29, 0.717) is 12.1 Å². The predicted octanol–water partition coefficient (Wildman–Crippen LogP) is 0.755. The molecule has 0 aromatic heterocycles. The predicted molar refractivity (Wildman–Crippen MR) is 57.0 cm³/mol. The Hall–Kier alpha value is -0.580. The fraction of sp³-hybridized carbons (Fsp3) is 0.818. The van der Waals surface area contributed by atoms with Crippen LogP contribution >= 0.6 is 0 Å². The molecule has 1 aliphatic carbocycles. The summed E-state index contributed by atoms with van der Waals surface area (Å²) in [5.74, 6) is 0.914. The topological polar surface area (TPSA) is 30.5 Å². The number of piperidine rings is 1. The van der Waals surface area contributed by atoms with Gasteiger partial charge in [0.05, 0.1) is 12.1 Å². The molecule has 0 radical (unpaired) electrons. The van der Waals surface area contributed by atoms with Gasteiger partial charge in [-0.05, 0) is 37.7 Å². The van der Waals surface area contributed by atoms with Crippen LogP contribution in [-0.4, -0.2) is 28.3 Å². The van der Waals surface area contributed by atoms with Crippen LogP contribution in [0.5, 0.6) is 0 Å². The highest BCUT2D eigenvalue weighted by molar-refractivity contribution is 5.09. The number of nitrogens with zero attached hydrogens (tertiary/aromatic N) is 2. The molecule has 4 rings (SSSR count). The van der Waals surface area contributed by atoms with Crippen molar-refractivity contribution in [1.82, 2.24) is 21.1 Å². The Bertz CT molecular complexity index is 277. The van der Waals surface area contributed by atoms with E-state index in [-0.39, 0.29) is 0 Å². The van der Waals surface area contributed by atoms with Crippen LogP contribution in [0.4, 0.5) is 0 Å². The van der Waals surface area contributed by atoms with Crippen LogP contribution in [0, 0.1) is 5.92 Å². The molecule has 4 atom stereocenters. The number of rotatable bonds is 0. The SMILES string of the molecule is C1=CN2NN[C@H]3CCCC4CCC1N2[C@@H]43. The first-order chi connectivity index (χ1) is 7.43. The first-order valence-electron chi connectivity index (χ1n) is 6.20.